The van der Waals surface area contributed by atoms with Gasteiger partial charge in [-0.05, 0) is 30.3 Å². The second-order valence-corrected chi connectivity index (χ2v) is 6.86. The van der Waals surface area contributed by atoms with Crippen molar-refractivity contribution >= 4 is 23.7 Å². The van der Waals surface area contributed by atoms with Crippen molar-refractivity contribution in [2.45, 2.75) is 0 Å². The predicted octanol–water partition coefficient (Wildman–Crippen LogP) is 3.28. The van der Waals surface area contributed by atoms with Crippen molar-refractivity contribution in [3.05, 3.63) is 78.5 Å². The van der Waals surface area contributed by atoms with Crippen molar-refractivity contribution < 1.29 is 9.59 Å². The minimum absolute atomic E-state index is 0.00738. The molecule has 0 radical (unpaired) electrons. The molecule has 1 aliphatic rings. The molecule has 1 N–H and O–H groups in total. The Morgan fingerprint density at radius 1 is 0.931 bits per heavy atom. The van der Waals surface area contributed by atoms with E-state index in [0.29, 0.717) is 30.8 Å². The SMILES string of the molecule is O=CNc1cccc(N2CCN(C(=O)c3cccnc3-c3ccccc3)CC2)c1. The third-order valence-electron chi connectivity index (χ3n) is 5.09. The summed E-state index contributed by atoms with van der Waals surface area (Å²) in [6.07, 6.45) is 2.39. The van der Waals surface area contributed by atoms with Gasteiger partial charge in [-0.1, -0.05) is 36.4 Å². The Kier molecular flexibility index (Phi) is 5.52. The largest absolute Gasteiger partial charge is 0.368 e. The maximum absolute atomic E-state index is 13.2. The molecule has 0 unspecified atom stereocenters. The Labute approximate surface area is 169 Å². The highest BCUT2D eigenvalue weighted by atomic mass is 16.2. The molecule has 4 rings (SSSR count). The Hall–Kier alpha value is -3.67. The van der Waals surface area contributed by atoms with Crippen LogP contribution in [0.5, 0.6) is 0 Å². The van der Waals surface area contributed by atoms with Gasteiger partial charge in [0.05, 0.1) is 11.3 Å². The van der Waals surface area contributed by atoms with Crippen LogP contribution in [0.3, 0.4) is 0 Å². The molecule has 3 aromatic rings. The van der Waals surface area contributed by atoms with Crippen LogP contribution in [0, 0.1) is 0 Å². The van der Waals surface area contributed by atoms with Gasteiger partial charge in [-0.25, -0.2) is 0 Å². The van der Waals surface area contributed by atoms with Gasteiger partial charge in [-0.3, -0.25) is 14.6 Å². The normalized spacial score (nSPS) is 13.8. The van der Waals surface area contributed by atoms with E-state index < -0.39 is 0 Å². The highest BCUT2D eigenvalue weighted by Gasteiger charge is 2.24. The number of piperazine rings is 1. The van der Waals surface area contributed by atoms with Gasteiger partial charge in [0.15, 0.2) is 0 Å². The summed E-state index contributed by atoms with van der Waals surface area (Å²) in [4.78, 5) is 32.4. The van der Waals surface area contributed by atoms with E-state index in [1.54, 1.807) is 12.3 Å². The van der Waals surface area contributed by atoms with Crippen molar-refractivity contribution in [3.63, 3.8) is 0 Å². The smallest absolute Gasteiger partial charge is 0.256 e. The van der Waals surface area contributed by atoms with Crippen LogP contribution in [0.4, 0.5) is 11.4 Å². The lowest BCUT2D eigenvalue weighted by molar-refractivity contribution is -0.105. The lowest BCUT2D eigenvalue weighted by Gasteiger charge is -2.36. The van der Waals surface area contributed by atoms with E-state index in [9.17, 15) is 9.59 Å². The number of hydrogen-bond acceptors (Lipinski definition) is 4. The summed E-state index contributed by atoms with van der Waals surface area (Å²) in [5.74, 6) is 0.00738. The molecule has 1 fully saturated rings. The first-order valence-electron chi connectivity index (χ1n) is 9.61. The summed E-state index contributed by atoms with van der Waals surface area (Å²) in [5, 5.41) is 2.68. The fraction of sp³-hybridized carbons (Fsp3) is 0.174. The van der Waals surface area contributed by atoms with Gasteiger partial charge < -0.3 is 15.1 Å². The third-order valence-corrected chi connectivity index (χ3v) is 5.09. The molecule has 0 aliphatic carbocycles. The molecule has 29 heavy (non-hydrogen) atoms. The maximum Gasteiger partial charge on any atom is 0.256 e. The lowest BCUT2D eigenvalue weighted by Crippen LogP contribution is -2.49. The van der Waals surface area contributed by atoms with Crippen molar-refractivity contribution in [3.8, 4) is 11.3 Å². The molecule has 1 aromatic heterocycles. The summed E-state index contributed by atoms with van der Waals surface area (Å²) < 4.78 is 0. The van der Waals surface area contributed by atoms with Crippen LogP contribution in [-0.4, -0.2) is 48.4 Å². The monoisotopic (exact) mass is 386 g/mol. The Bertz CT molecular complexity index is 999. The molecule has 6 nitrogen and oxygen atoms in total. The number of pyridine rings is 1. The van der Waals surface area contributed by atoms with Gasteiger partial charge in [-0.15, -0.1) is 0 Å². The number of nitrogens with one attached hydrogen (secondary N) is 1. The number of carbonyl (C=O) groups excluding carboxylic acids is 2. The second kappa shape index (κ2) is 8.56. The number of aromatic nitrogens is 1. The zero-order valence-corrected chi connectivity index (χ0v) is 16.0. The van der Waals surface area contributed by atoms with E-state index in [-0.39, 0.29) is 5.91 Å². The highest BCUT2D eigenvalue weighted by Crippen LogP contribution is 2.24. The highest BCUT2D eigenvalue weighted by molar-refractivity contribution is 6.00. The standard InChI is InChI=1S/C23H22N4O2/c28-17-25-19-8-4-9-20(16-19)26-12-14-27(15-13-26)23(29)21-10-5-11-24-22(21)18-6-2-1-3-7-18/h1-11,16-17H,12-15H2,(H,25,28). The van der Waals surface area contributed by atoms with Crippen LogP contribution in [0.15, 0.2) is 72.9 Å². The van der Waals surface area contributed by atoms with E-state index in [0.717, 1.165) is 30.0 Å². The molecule has 1 saturated heterocycles. The molecule has 2 aromatic carbocycles. The topological polar surface area (TPSA) is 65.5 Å². The third kappa shape index (κ3) is 4.11. The van der Waals surface area contributed by atoms with Gasteiger partial charge in [-0.2, -0.15) is 0 Å². The van der Waals surface area contributed by atoms with Crippen molar-refractivity contribution in [1.82, 2.24) is 9.88 Å². The van der Waals surface area contributed by atoms with E-state index in [1.165, 1.54) is 0 Å². The minimum Gasteiger partial charge on any atom is -0.368 e. The fourth-order valence-electron chi connectivity index (χ4n) is 3.60. The lowest BCUT2D eigenvalue weighted by atomic mass is 10.0. The van der Waals surface area contributed by atoms with Crippen molar-refractivity contribution in [1.29, 1.82) is 0 Å². The average Bonchev–Trinajstić information content (AvgIpc) is 2.80. The first kappa shape index (κ1) is 18.7. The summed E-state index contributed by atoms with van der Waals surface area (Å²) in [5.41, 5.74) is 4.08. The molecule has 1 aliphatic heterocycles. The van der Waals surface area contributed by atoms with Gasteiger partial charge in [0.25, 0.3) is 5.91 Å². The molecule has 0 bridgehead atoms. The first-order valence-corrected chi connectivity index (χ1v) is 9.61. The summed E-state index contributed by atoms with van der Waals surface area (Å²) in [6, 6.07) is 21.2. The predicted molar refractivity (Wildman–Crippen MR) is 114 cm³/mol. The Balaban J connectivity index is 1.48. The number of amides is 2. The van der Waals surface area contributed by atoms with Crippen molar-refractivity contribution in [2.24, 2.45) is 0 Å². The first-order chi connectivity index (χ1) is 14.3. The van der Waals surface area contributed by atoms with Crippen LogP contribution in [0.2, 0.25) is 0 Å². The fourth-order valence-corrected chi connectivity index (χ4v) is 3.60. The van der Waals surface area contributed by atoms with E-state index >= 15 is 0 Å². The number of nitrogens with zero attached hydrogens (tertiary/aromatic N) is 3. The number of hydrogen-bond donors (Lipinski definition) is 1. The molecule has 146 valence electrons. The number of benzene rings is 2. The van der Waals surface area contributed by atoms with E-state index in [4.69, 9.17) is 0 Å². The van der Waals surface area contributed by atoms with Crippen LogP contribution < -0.4 is 10.2 Å². The second-order valence-electron chi connectivity index (χ2n) is 6.86. The molecule has 0 atom stereocenters. The van der Waals surface area contributed by atoms with Gasteiger partial charge in [0.2, 0.25) is 6.41 Å². The van der Waals surface area contributed by atoms with E-state index in [2.05, 4.69) is 15.2 Å². The van der Waals surface area contributed by atoms with E-state index in [1.807, 2.05) is 65.6 Å². The zero-order chi connectivity index (χ0) is 20.1. The molecule has 6 heteroatoms. The van der Waals surface area contributed by atoms with Gasteiger partial charge in [0, 0.05) is 49.3 Å². The zero-order valence-electron chi connectivity index (χ0n) is 16.0. The van der Waals surface area contributed by atoms with Crippen LogP contribution >= 0.6 is 0 Å². The Morgan fingerprint density at radius 3 is 2.48 bits per heavy atom. The van der Waals surface area contributed by atoms with Crippen molar-refractivity contribution in [2.75, 3.05) is 36.4 Å². The van der Waals surface area contributed by atoms with Crippen LogP contribution in [0.25, 0.3) is 11.3 Å². The molecule has 0 saturated carbocycles. The summed E-state index contributed by atoms with van der Waals surface area (Å²) in [6.45, 7) is 2.73. The molecule has 0 spiro atoms. The molecule has 2 amide bonds. The van der Waals surface area contributed by atoms with Crippen LogP contribution in [-0.2, 0) is 4.79 Å². The van der Waals surface area contributed by atoms with Crippen LogP contribution in [0.1, 0.15) is 10.4 Å². The summed E-state index contributed by atoms with van der Waals surface area (Å²) >= 11 is 0. The maximum atomic E-state index is 13.2. The van der Waals surface area contributed by atoms with Gasteiger partial charge in [0.1, 0.15) is 0 Å². The summed E-state index contributed by atoms with van der Waals surface area (Å²) in [7, 11) is 0. The molecular weight excluding hydrogens is 364 g/mol. The van der Waals surface area contributed by atoms with Gasteiger partial charge >= 0.3 is 0 Å². The average molecular weight is 386 g/mol. The minimum atomic E-state index is 0.00738. The quantitative estimate of drug-likeness (QED) is 0.684. The molecular formula is C23H22N4O2. The molecule has 2 heterocycles. The Morgan fingerprint density at radius 2 is 1.72 bits per heavy atom. The number of anilines is 2. The number of rotatable bonds is 5. The number of carbonyl (C=O) groups is 2.